The van der Waals surface area contributed by atoms with Gasteiger partial charge in [-0.25, -0.2) is 4.39 Å². The fourth-order valence-corrected chi connectivity index (χ4v) is 7.27. The second-order valence-electron chi connectivity index (χ2n) is 12.2. The number of fused-ring (bicyclic) bond motifs is 3. The predicted molar refractivity (Wildman–Crippen MR) is 124 cm³/mol. The zero-order valence-corrected chi connectivity index (χ0v) is 19.8. The lowest BCUT2D eigenvalue weighted by Crippen LogP contribution is -2.71. The summed E-state index contributed by atoms with van der Waals surface area (Å²) < 4.78 is 20.3. The Morgan fingerprint density at radius 2 is 1.71 bits per heavy atom. The lowest BCUT2D eigenvalue weighted by Gasteiger charge is -2.65. The van der Waals surface area contributed by atoms with Crippen molar-refractivity contribution in [2.75, 3.05) is 11.4 Å². The van der Waals surface area contributed by atoms with Crippen molar-refractivity contribution in [1.82, 2.24) is 10.2 Å². The molecule has 4 bridgehead atoms. The van der Waals surface area contributed by atoms with E-state index in [-0.39, 0.29) is 11.3 Å². The number of anilines is 1. The zero-order chi connectivity index (χ0) is 24.1. The SMILES string of the molecule is O=C(O)C12CCC(CN(C(=O)C34CC(F)(C3)C4)c3cccc(-c4nnc(C5CC5)o4)c3)(CC1)CC2. The quantitative estimate of drug-likeness (QED) is 0.582. The highest BCUT2D eigenvalue weighted by molar-refractivity contribution is 6.00. The summed E-state index contributed by atoms with van der Waals surface area (Å²) in [6.45, 7) is 0.545. The molecule has 0 spiro atoms. The Labute approximate surface area is 203 Å². The minimum absolute atomic E-state index is 0.00777. The van der Waals surface area contributed by atoms with E-state index in [1.165, 1.54) is 0 Å². The van der Waals surface area contributed by atoms with Gasteiger partial charge in [0.25, 0.3) is 0 Å². The molecule has 7 fully saturated rings. The van der Waals surface area contributed by atoms with Crippen molar-refractivity contribution < 1.29 is 23.5 Å². The first-order chi connectivity index (χ1) is 16.7. The molecular weight excluding hydrogens is 449 g/mol. The smallest absolute Gasteiger partial charge is 0.309 e. The Morgan fingerprint density at radius 1 is 1.03 bits per heavy atom. The van der Waals surface area contributed by atoms with E-state index in [2.05, 4.69) is 10.2 Å². The molecule has 0 unspecified atom stereocenters. The summed E-state index contributed by atoms with van der Waals surface area (Å²) in [4.78, 5) is 27.7. The van der Waals surface area contributed by atoms with Crippen LogP contribution in [0.25, 0.3) is 11.5 Å². The van der Waals surface area contributed by atoms with Crippen LogP contribution in [-0.4, -0.2) is 39.4 Å². The Kier molecular flexibility index (Phi) is 4.25. The molecule has 7 aliphatic carbocycles. The van der Waals surface area contributed by atoms with E-state index < -0.39 is 22.5 Å². The normalized spacial score (nSPS) is 36.8. The third-order valence-corrected chi connectivity index (χ3v) is 9.79. The molecule has 8 heteroatoms. The fourth-order valence-electron chi connectivity index (χ4n) is 7.27. The molecule has 1 aromatic heterocycles. The Bertz CT molecular complexity index is 1190. The van der Waals surface area contributed by atoms with Crippen LogP contribution in [0.3, 0.4) is 0 Å². The van der Waals surface area contributed by atoms with Crippen LogP contribution >= 0.6 is 0 Å². The highest BCUT2D eigenvalue weighted by atomic mass is 19.1. The number of carboxylic acids is 1. The van der Waals surface area contributed by atoms with Crippen molar-refractivity contribution in [3.05, 3.63) is 30.2 Å². The summed E-state index contributed by atoms with van der Waals surface area (Å²) in [5.74, 6) is 0.816. The summed E-state index contributed by atoms with van der Waals surface area (Å²) in [6.07, 6.45) is 7.50. The molecule has 9 rings (SSSR count). The fraction of sp³-hybridized carbons (Fsp3) is 0.630. The van der Waals surface area contributed by atoms with Gasteiger partial charge in [0.05, 0.1) is 10.8 Å². The van der Waals surface area contributed by atoms with Gasteiger partial charge >= 0.3 is 5.97 Å². The number of benzene rings is 1. The molecule has 1 heterocycles. The van der Waals surface area contributed by atoms with Crippen molar-refractivity contribution in [2.24, 2.45) is 16.2 Å². The monoisotopic (exact) mass is 479 g/mol. The van der Waals surface area contributed by atoms with Crippen LogP contribution < -0.4 is 4.90 Å². The first-order valence-electron chi connectivity index (χ1n) is 12.9. The number of hydrogen-bond donors (Lipinski definition) is 1. The maximum atomic E-state index is 14.4. The second-order valence-corrected chi connectivity index (χ2v) is 12.2. The lowest BCUT2D eigenvalue weighted by atomic mass is 9.41. The zero-order valence-electron chi connectivity index (χ0n) is 19.8. The number of carboxylic acid groups (broad SMARTS) is 1. The van der Waals surface area contributed by atoms with Gasteiger partial charge in [-0.1, -0.05) is 6.07 Å². The molecule has 0 radical (unpaired) electrons. The molecule has 7 aliphatic rings. The molecule has 1 N–H and O–H groups in total. The Hall–Kier alpha value is -2.77. The number of halogens is 1. The van der Waals surface area contributed by atoms with Crippen LogP contribution in [0.2, 0.25) is 0 Å². The standard InChI is InChI=1S/C27H30FN3O4/c28-27-13-26(14-27,15-27)22(32)31(16-24-6-9-25(10-7-24,11-8-24)23(33)34)19-3-1-2-18(12-19)21-30-29-20(35-21)17-4-5-17/h1-3,12,17H,4-11,13-16H2,(H,33,34). The van der Waals surface area contributed by atoms with E-state index in [4.69, 9.17) is 4.42 Å². The number of carbonyl (C=O) groups is 2. The summed E-state index contributed by atoms with van der Waals surface area (Å²) >= 11 is 0. The van der Waals surface area contributed by atoms with Gasteiger partial charge in [0.1, 0.15) is 5.67 Å². The van der Waals surface area contributed by atoms with E-state index in [0.717, 1.165) is 43.4 Å². The largest absolute Gasteiger partial charge is 0.481 e. The minimum Gasteiger partial charge on any atom is -0.481 e. The van der Waals surface area contributed by atoms with Gasteiger partial charge in [0, 0.05) is 23.7 Å². The topological polar surface area (TPSA) is 96.5 Å². The molecule has 184 valence electrons. The van der Waals surface area contributed by atoms with Gasteiger partial charge < -0.3 is 14.4 Å². The third kappa shape index (κ3) is 3.21. The number of aliphatic carboxylic acids is 1. The molecule has 0 aliphatic heterocycles. The summed E-state index contributed by atoms with van der Waals surface area (Å²) in [5, 5.41) is 18.2. The highest BCUT2D eigenvalue weighted by Gasteiger charge is 2.73. The number of aromatic nitrogens is 2. The molecule has 1 aromatic carbocycles. The van der Waals surface area contributed by atoms with Gasteiger partial charge in [-0.2, -0.15) is 0 Å². The molecule has 2 aromatic rings. The molecule has 35 heavy (non-hydrogen) atoms. The third-order valence-electron chi connectivity index (χ3n) is 9.79. The first kappa shape index (κ1) is 21.5. The molecule has 1 amide bonds. The van der Waals surface area contributed by atoms with Crippen LogP contribution in [-0.2, 0) is 9.59 Å². The van der Waals surface area contributed by atoms with E-state index in [1.54, 1.807) is 0 Å². The summed E-state index contributed by atoms with van der Waals surface area (Å²) in [7, 11) is 0. The number of hydrogen-bond acceptors (Lipinski definition) is 5. The second kappa shape index (κ2) is 6.92. The molecule has 0 saturated heterocycles. The van der Waals surface area contributed by atoms with Crippen molar-refractivity contribution in [2.45, 2.75) is 82.2 Å². The predicted octanol–water partition coefficient (Wildman–Crippen LogP) is 5.26. The van der Waals surface area contributed by atoms with Crippen LogP contribution in [0.5, 0.6) is 0 Å². The number of nitrogens with zero attached hydrogens (tertiary/aromatic N) is 3. The molecular formula is C27H30FN3O4. The van der Waals surface area contributed by atoms with Crippen LogP contribution in [0, 0.1) is 16.2 Å². The summed E-state index contributed by atoms with van der Waals surface area (Å²) in [5.41, 5.74) is -0.883. The number of amides is 1. The molecule has 0 atom stereocenters. The van der Waals surface area contributed by atoms with Gasteiger partial charge in [-0.3, -0.25) is 9.59 Å². The Morgan fingerprint density at radius 3 is 2.31 bits per heavy atom. The minimum atomic E-state index is -1.15. The van der Waals surface area contributed by atoms with E-state index >= 15 is 0 Å². The maximum Gasteiger partial charge on any atom is 0.309 e. The van der Waals surface area contributed by atoms with E-state index in [1.807, 2.05) is 29.2 Å². The lowest BCUT2D eigenvalue weighted by molar-refractivity contribution is -0.211. The van der Waals surface area contributed by atoms with Gasteiger partial charge in [0.15, 0.2) is 0 Å². The highest BCUT2D eigenvalue weighted by Crippen LogP contribution is 2.70. The van der Waals surface area contributed by atoms with Gasteiger partial charge in [-0.15, -0.1) is 10.2 Å². The first-order valence-corrected chi connectivity index (χ1v) is 12.9. The van der Waals surface area contributed by atoms with E-state index in [9.17, 15) is 19.1 Å². The molecule has 7 nitrogen and oxygen atoms in total. The number of carbonyl (C=O) groups excluding carboxylic acids is 1. The van der Waals surface area contributed by atoms with Crippen molar-refractivity contribution in [3.8, 4) is 11.5 Å². The van der Waals surface area contributed by atoms with Gasteiger partial charge in [0.2, 0.25) is 17.7 Å². The summed E-state index contributed by atoms with van der Waals surface area (Å²) in [6, 6.07) is 7.68. The average Bonchev–Trinajstić information content (AvgIpc) is 3.57. The number of alkyl halides is 1. The Balaban J connectivity index is 1.20. The van der Waals surface area contributed by atoms with Gasteiger partial charge in [-0.05, 0) is 94.2 Å². The van der Waals surface area contributed by atoms with Crippen molar-refractivity contribution in [3.63, 3.8) is 0 Å². The van der Waals surface area contributed by atoms with Crippen LogP contribution in [0.4, 0.5) is 10.1 Å². The van der Waals surface area contributed by atoms with Crippen LogP contribution in [0.15, 0.2) is 28.7 Å². The molecule has 7 saturated carbocycles. The maximum absolute atomic E-state index is 14.4. The van der Waals surface area contributed by atoms with E-state index in [0.29, 0.717) is 62.8 Å². The van der Waals surface area contributed by atoms with Crippen molar-refractivity contribution in [1.29, 1.82) is 0 Å². The number of rotatable bonds is 7. The van der Waals surface area contributed by atoms with Crippen LogP contribution in [0.1, 0.15) is 82.4 Å². The van der Waals surface area contributed by atoms with Crippen molar-refractivity contribution >= 4 is 17.6 Å². The average molecular weight is 480 g/mol.